The number of allylic oxidation sites excluding steroid dienone is 4. The van der Waals surface area contributed by atoms with E-state index in [1.54, 1.807) is 37.7 Å². The van der Waals surface area contributed by atoms with Gasteiger partial charge in [0.1, 0.15) is 42.3 Å². The number of carboxylic acids is 1. The molecule has 5 fully saturated rings. The van der Waals surface area contributed by atoms with Crippen molar-refractivity contribution in [2.75, 3.05) is 26.9 Å². The minimum absolute atomic E-state index is 0.0544. The second-order valence-corrected chi connectivity index (χ2v) is 29.2. The Bertz CT molecular complexity index is 3430. The zero-order valence-corrected chi connectivity index (χ0v) is 53.6. The molecule has 4 saturated carbocycles. The quantitative estimate of drug-likeness (QED) is 0.0377. The van der Waals surface area contributed by atoms with E-state index in [0.29, 0.717) is 67.4 Å². The Morgan fingerprint density at radius 3 is 2.57 bits per heavy atom. The lowest BCUT2D eigenvalue weighted by Gasteiger charge is -2.54. The van der Waals surface area contributed by atoms with Crippen molar-refractivity contribution >= 4 is 5.97 Å². The average Bonchev–Trinajstić information content (AvgIpc) is 1.53. The van der Waals surface area contributed by atoms with E-state index < -0.39 is 77.5 Å². The fraction of sp³-hybridized carbons (Fsp3) is 0.605. The number of methoxy groups -OCH3 is 1. The van der Waals surface area contributed by atoms with Crippen LogP contribution in [0.5, 0.6) is 5.75 Å². The van der Waals surface area contributed by atoms with Crippen molar-refractivity contribution in [1.29, 1.82) is 5.26 Å². The van der Waals surface area contributed by atoms with Crippen molar-refractivity contribution in [3.05, 3.63) is 149 Å². The molecule has 6 heterocycles. The first-order valence-corrected chi connectivity index (χ1v) is 34.6. The van der Waals surface area contributed by atoms with Gasteiger partial charge < -0.3 is 74.4 Å². The number of hydrogen-bond acceptors (Lipinski definition) is 15. The summed E-state index contributed by atoms with van der Waals surface area (Å²) in [5.74, 6) is 2.66. The van der Waals surface area contributed by atoms with Gasteiger partial charge in [-0.2, -0.15) is 5.26 Å². The van der Waals surface area contributed by atoms with Crippen molar-refractivity contribution in [3.63, 3.8) is 0 Å². The molecule has 14 rings (SSSR count). The molecule has 3 aromatic rings. The fourth-order valence-electron chi connectivity index (χ4n) is 20.1. The summed E-state index contributed by atoms with van der Waals surface area (Å²) >= 11 is 0. The van der Waals surface area contributed by atoms with Crippen LogP contribution >= 0.6 is 0 Å². The maximum Gasteiger partial charge on any atom is 0.335 e. The van der Waals surface area contributed by atoms with Crippen LogP contribution in [0.4, 0.5) is 0 Å². The molecule has 3 bridgehead atoms. The number of aliphatic hydroxyl groups is 7. The normalized spacial score (nSPS) is 38.1. The van der Waals surface area contributed by atoms with E-state index in [1.807, 2.05) is 41.0 Å². The van der Waals surface area contributed by atoms with Gasteiger partial charge in [-0.15, -0.1) is 6.58 Å². The van der Waals surface area contributed by atoms with Crippen LogP contribution in [0.3, 0.4) is 0 Å². The number of rotatable bonds is 20. The Labute approximate surface area is 546 Å². The van der Waals surface area contributed by atoms with E-state index in [2.05, 4.69) is 66.4 Å². The zero-order chi connectivity index (χ0) is 64.8. The number of aromatic carboxylic acids is 1. The van der Waals surface area contributed by atoms with E-state index in [1.165, 1.54) is 0 Å². The van der Waals surface area contributed by atoms with Gasteiger partial charge in [0, 0.05) is 74.6 Å². The molecule has 17 heteroatoms. The molecule has 498 valence electrons. The first-order chi connectivity index (χ1) is 45.1. The zero-order valence-electron chi connectivity index (χ0n) is 53.6. The summed E-state index contributed by atoms with van der Waals surface area (Å²) in [7, 11) is 1.61. The Morgan fingerprint density at radius 2 is 1.82 bits per heavy atom. The van der Waals surface area contributed by atoms with E-state index >= 15 is 0 Å². The van der Waals surface area contributed by atoms with Gasteiger partial charge in [-0.05, 0) is 184 Å². The molecule has 6 aliphatic carbocycles. The Hall–Kier alpha value is -6.06. The number of nitriles is 1. The maximum atomic E-state index is 14.2. The molecule has 93 heavy (non-hydrogen) atoms. The van der Waals surface area contributed by atoms with Crippen LogP contribution in [0.1, 0.15) is 160 Å². The van der Waals surface area contributed by atoms with Gasteiger partial charge in [0.25, 0.3) is 0 Å². The highest BCUT2D eigenvalue weighted by Crippen LogP contribution is 2.74. The second-order valence-electron chi connectivity index (χ2n) is 29.2. The van der Waals surface area contributed by atoms with E-state index in [4.69, 9.17) is 23.7 Å². The van der Waals surface area contributed by atoms with Gasteiger partial charge >= 0.3 is 5.97 Å². The molecular formula is C76H95N3O14. The van der Waals surface area contributed by atoms with Gasteiger partial charge in [-0.25, -0.2) is 4.79 Å². The standard InChI is InChI=1S/C76H95N3O14/c1-3-10-47-22-24-55(36-52(47)35-53(44-89-2)62(43-81)79-32-29-46(41-77)42-79)91-72-76-40-60(63(82)16-9-34-90-65(17-8-33-80)69(92-72)68(84)70(76)85)73(38-56(93-76)25-27-61-58(48-11-4-5-12-48)37-51-13-6-15-64(83)67(51)78-61)31-28-66-74(88,45-73)39-59-57(26-23-54-14-7-30-75(54,59)66)49-18-20-50(21-19-49)71(86)87/h3,6,13,18-22,24,28-29,31-32,36-38,42,48,53-54,57-70,72,78,80-85,88H,1,4-5,7-8,10-12,14-17,23,25-27,30,33,35,39-40,43-45H2,2H3,(H,86,87). The number of ether oxygens (including phenoxy) is 5. The Balaban J connectivity index is 0.940. The third kappa shape index (κ3) is 12.2. The highest BCUT2D eigenvalue weighted by molar-refractivity contribution is 5.87. The predicted octanol–water partition coefficient (Wildman–Crippen LogP) is 9.04. The van der Waals surface area contributed by atoms with Gasteiger partial charge in [0.05, 0.1) is 60.0 Å². The predicted molar refractivity (Wildman–Crippen MR) is 347 cm³/mol. The molecule has 21 atom stereocenters. The summed E-state index contributed by atoms with van der Waals surface area (Å²) in [6, 6.07) is 16.1. The van der Waals surface area contributed by atoms with E-state index in [0.717, 1.165) is 80.1 Å². The Kier molecular flexibility index (Phi) is 19.2. The van der Waals surface area contributed by atoms with Gasteiger partial charge in [-0.1, -0.05) is 79.8 Å². The molecule has 2 aromatic carbocycles. The summed E-state index contributed by atoms with van der Waals surface area (Å²) in [5, 5.41) is 110. The topological polar surface area (TPSA) is 266 Å². The highest BCUT2D eigenvalue weighted by Gasteiger charge is 2.71. The van der Waals surface area contributed by atoms with Crippen molar-refractivity contribution in [1.82, 2.24) is 9.88 Å². The first kappa shape index (κ1) is 65.6. The van der Waals surface area contributed by atoms with Crippen molar-refractivity contribution in [2.45, 2.75) is 207 Å². The molecule has 11 aliphatic rings. The average molecular weight is 1270 g/mol. The first-order valence-electron chi connectivity index (χ1n) is 34.6. The number of nitrogens with zero attached hydrogens (tertiary/aromatic N) is 2. The van der Waals surface area contributed by atoms with Crippen molar-refractivity contribution in [3.8, 4) is 23.8 Å². The summed E-state index contributed by atoms with van der Waals surface area (Å²) in [6.07, 6.45) is 25.0. The number of aliphatic hydroxyl groups excluding tert-OH is 6. The molecule has 21 unspecified atom stereocenters. The number of nitrogens with one attached hydrogen (secondary N) is 1. The van der Waals surface area contributed by atoms with Crippen LogP contribution in [0.2, 0.25) is 0 Å². The van der Waals surface area contributed by atoms with E-state index in [-0.39, 0.29) is 105 Å². The van der Waals surface area contributed by atoms with Crippen LogP contribution in [0.25, 0.3) is 0 Å². The molecular weight excluding hydrogens is 1180 g/mol. The molecule has 1 aromatic heterocycles. The monoisotopic (exact) mass is 1270 g/mol. The molecule has 1 saturated heterocycles. The molecule has 17 nitrogen and oxygen atoms in total. The molecule has 0 amide bonds. The van der Waals surface area contributed by atoms with Crippen LogP contribution < -0.4 is 10.1 Å². The molecule has 3 spiro atoms. The van der Waals surface area contributed by atoms with E-state index in [9.17, 15) is 50.9 Å². The molecule has 5 aliphatic heterocycles. The van der Waals surface area contributed by atoms with Gasteiger partial charge in [-0.3, -0.25) is 0 Å². The smallest absolute Gasteiger partial charge is 0.335 e. The highest BCUT2D eigenvalue weighted by atomic mass is 16.7. The molecule has 0 radical (unpaired) electrons. The minimum Gasteiger partial charge on any atom is -0.482 e. The van der Waals surface area contributed by atoms with Gasteiger partial charge in [0.15, 0.2) is 5.60 Å². The third-order valence-electron chi connectivity index (χ3n) is 24.3. The lowest BCUT2D eigenvalue weighted by atomic mass is 9.52. The lowest BCUT2D eigenvalue weighted by Crippen LogP contribution is -2.71. The fourth-order valence-corrected chi connectivity index (χ4v) is 20.1. The molecule has 9 N–H and O–H groups in total. The number of fused-ring (bicyclic) bond motifs is 8. The second kappa shape index (κ2) is 27.2. The third-order valence-corrected chi connectivity index (χ3v) is 24.3. The van der Waals surface area contributed by atoms with Crippen LogP contribution in [-0.4, -0.2) is 145 Å². The largest absolute Gasteiger partial charge is 0.482 e. The summed E-state index contributed by atoms with van der Waals surface area (Å²) in [6.45, 7) is 3.92. The summed E-state index contributed by atoms with van der Waals surface area (Å²) in [5.41, 5.74) is 0.00800. The van der Waals surface area contributed by atoms with Crippen molar-refractivity contribution < 1.29 is 69.3 Å². The lowest BCUT2D eigenvalue weighted by molar-refractivity contribution is -0.337. The minimum atomic E-state index is -1.97. The summed E-state index contributed by atoms with van der Waals surface area (Å²) < 4.78 is 36.2. The number of benzene rings is 2. The Morgan fingerprint density at radius 1 is 0.989 bits per heavy atom. The number of carbonyl (C=O) groups is 1. The van der Waals surface area contributed by atoms with Gasteiger partial charge in [0.2, 0.25) is 6.29 Å². The van der Waals surface area contributed by atoms with Crippen LogP contribution in [0, 0.1) is 75.6 Å². The van der Waals surface area contributed by atoms with Crippen molar-refractivity contribution in [2.24, 2.45) is 52.3 Å². The number of hydrogen-bond donors (Lipinski definition) is 9. The van der Waals surface area contributed by atoms with Crippen LogP contribution in [0.15, 0.2) is 121 Å². The van der Waals surface area contributed by atoms with Crippen LogP contribution in [-0.2, 0) is 31.8 Å². The number of carboxylic acid groups (broad SMARTS) is 1. The maximum absolute atomic E-state index is 14.2. The summed E-state index contributed by atoms with van der Waals surface area (Å²) in [4.78, 5) is 12.1. The number of aromatic nitrogens is 1. The SMILES string of the molecule is C=CCc1ccc(OC2OC3C(CCCO)OC#CCC(O)C4CC2(OC(CCC2NC5C(=CC2C2CCCC2)C=CCC5O)=CC42C=CC4C(O)(CC5C(c6ccc(C(=O)O)cc6)CCC6CCCC654)C2)C(O)C3O)cc1CC(COC)C(CO)n1ccc(C#N)c1.